The average molecular weight is 328 g/mol. The van der Waals surface area contributed by atoms with E-state index in [1.807, 2.05) is 4.90 Å². The molecule has 1 aliphatic rings. The van der Waals surface area contributed by atoms with Crippen LogP contribution in [0.4, 0.5) is 0 Å². The quantitative estimate of drug-likeness (QED) is 0.666. The Balaban J connectivity index is 2.21. The number of carbonyl (C=O) groups excluding carboxylic acids is 1. The van der Waals surface area contributed by atoms with Crippen molar-refractivity contribution >= 4 is 5.91 Å². The SMILES string of the molecule is CCC(C)C(N)C(=O)N1CCC(CCCN(C)CCOC)CC1. The standard InChI is InChI=1S/C18H37N3O2/c1-5-15(2)17(19)18(22)21-11-8-16(9-12-21)7-6-10-20(3)13-14-23-4/h15-17H,5-14,19H2,1-4H3. The minimum absolute atomic E-state index is 0.150. The highest BCUT2D eigenvalue weighted by atomic mass is 16.5. The monoisotopic (exact) mass is 327 g/mol. The van der Waals surface area contributed by atoms with Crippen LogP contribution in [0.3, 0.4) is 0 Å². The maximum Gasteiger partial charge on any atom is 0.239 e. The lowest BCUT2D eigenvalue weighted by atomic mass is 9.91. The molecule has 23 heavy (non-hydrogen) atoms. The van der Waals surface area contributed by atoms with Crippen molar-refractivity contribution in [1.29, 1.82) is 0 Å². The number of ether oxygens (including phenoxy) is 1. The predicted octanol–water partition coefficient (Wildman–Crippen LogP) is 1.96. The topological polar surface area (TPSA) is 58.8 Å². The molecular formula is C18H37N3O2. The number of amides is 1. The van der Waals surface area contributed by atoms with Crippen molar-refractivity contribution in [3.63, 3.8) is 0 Å². The highest BCUT2D eigenvalue weighted by molar-refractivity contribution is 5.82. The lowest BCUT2D eigenvalue weighted by Crippen LogP contribution is -2.49. The van der Waals surface area contributed by atoms with E-state index in [0.717, 1.165) is 58.0 Å². The number of nitrogens with two attached hydrogens (primary N) is 1. The molecule has 0 aromatic heterocycles. The maximum absolute atomic E-state index is 12.4. The van der Waals surface area contributed by atoms with Crippen molar-refractivity contribution in [1.82, 2.24) is 9.80 Å². The molecule has 1 aliphatic heterocycles. The van der Waals surface area contributed by atoms with Crippen LogP contribution in [0.1, 0.15) is 46.0 Å². The number of piperidine rings is 1. The fourth-order valence-electron chi connectivity index (χ4n) is 3.16. The van der Waals surface area contributed by atoms with Gasteiger partial charge in [0.15, 0.2) is 0 Å². The fourth-order valence-corrected chi connectivity index (χ4v) is 3.16. The van der Waals surface area contributed by atoms with Crippen LogP contribution >= 0.6 is 0 Å². The summed E-state index contributed by atoms with van der Waals surface area (Å²) in [5.74, 6) is 1.18. The predicted molar refractivity (Wildman–Crippen MR) is 95.3 cm³/mol. The Hall–Kier alpha value is -0.650. The molecule has 2 N–H and O–H groups in total. The van der Waals surface area contributed by atoms with E-state index in [-0.39, 0.29) is 17.9 Å². The van der Waals surface area contributed by atoms with Crippen molar-refractivity contribution < 1.29 is 9.53 Å². The summed E-state index contributed by atoms with van der Waals surface area (Å²) in [7, 11) is 3.90. The van der Waals surface area contributed by atoms with E-state index in [4.69, 9.17) is 10.5 Å². The van der Waals surface area contributed by atoms with Crippen molar-refractivity contribution in [2.45, 2.75) is 52.0 Å². The Morgan fingerprint density at radius 3 is 2.57 bits per heavy atom. The summed E-state index contributed by atoms with van der Waals surface area (Å²) in [5, 5.41) is 0. The molecule has 136 valence electrons. The Kier molecular flexibility index (Phi) is 9.75. The van der Waals surface area contributed by atoms with Gasteiger partial charge in [-0.3, -0.25) is 4.79 Å². The van der Waals surface area contributed by atoms with Gasteiger partial charge in [0, 0.05) is 26.7 Å². The zero-order chi connectivity index (χ0) is 17.2. The number of methoxy groups -OCH3 is 1. The number of likely N-dealkylation sites (tertiary alicyclic amines) is 1. The number of rotatable bonds is 10. The van der Waals surface area contributed by atoms with Gasteiger partial charge in [-0.1, -0.05) is 20.3 Å². The van der Waals surface area contributed by atoms with E-state index in [0.29, 0.717) is 0 Å². The van der Waals surface area contributed by atoms with Crippen molar-refractivity contribution in [2.75, 3.05) is 46.9 Å². The van der Waals surface area contributed by atoms with Gasteiger partial charge in [-0.05, 0) is 51.1 Å². The third-order valence-corrected chi connectivity index (χ3v) is 5.30. The molecule has 0 bridgehead atoms. The first kappa shape index (κ1) is 20.4. The second-order valence-corrected chi connectivity index (χ2v) is 7.12. The van der Waals surface area contributed by atoms with Crippen LogP contribution < -0.4 is 5.73 Å². The van der Waals surface area contributed by atoms with Crippen LogP contribution in [-0.2, 0) is 9.53 Å². The third kappa shape index (κ3) is 7.19. The molecular weight excluding hydrogens is 290 g/mol. The zero-order valence-electron chi connectivity index (χ0n) is 15.6. The normalized spacial score (nSPS) is 19.1. The highest BCUT2D eigenvalue weighted by Gasteiger charge is 2.28. The number of nitrogens with zero attached hydrogens (tertiary/aromatic N) is 2. The van der Waals surface area contributed by atoms with E-state index < -0.39 is 0 Å². The minimum Gasteiger partial charge on any atom is -0.383 e. The molecule has 0 spiro atoms. The molecule has 0 aliphatic carbocycles. The van der Waals surface area contributed by atoms with E-state index >= 15 is 0 Å². The van der Waals surface area contributed by atoms with Crippen molar-refractivity contribution in [2.24, 2.45) is 17.6 Å². The van der Waals surface area contributed by atoms with Gasteiger partial charge in [0.2, 0.25) is 5.91 Å². The summed E-state index contributed by atoms with van der Waals surface area (Å²) in [4.78, 5) is 16.7. The lowest BCUT2D eigenvalue weighted by Gasteiger charge is -2.34. The second-order valence-electron chi connectivity index (χ2n) is 7.12. The van der Waals surface area contributed by atoms with Gasteiger partial charge in [-0.15, -0.1) is 0 Å². The zero-order valence-corrected chi connectivity index (χ0v) is 15.6. The van der Waals surface area contributed by atoms with E-state index in [1.165, 1.54) is 12.8 Å². The van der Waals surface area contributed by atoms with Crippen LogP contribution in [0, 0.1) is 11.8 Å². The van der Waals surface area contributed by atoms with E-state index in [2.05, 4.69) is 25.8 Å². The van der Waals surface area contributed by atoms with Crippen LogP contribution in [0.5, 0.6) is 0 Å². The molecule has 5 heteroatoms. The van der Waals surface area contributed by atoms with Gasteiger partial charge >= 0.3 is 0 Å². The highest BCUT2D eigenvalue weighted by Crippen LogP contribution is 2.23. The molecule has 1 heterocycles. The fraction of sp³-hybridized carbons (Fsp3) is 0.944. The first-order chi connectivity index (χ1) is 11.0. The number of hydrogen-bond donors (Lipinski definition) is 1. The molecule has 1 fully saturated rings. The number of hydrogen-bond acceptors (Lipinski definition) is 4. The van der Waals surface area contributed by atoms with Crippen LogP contribution in [0.15, 0.2) is 0 Å². The molecule has 2 unspecified atom stereocenters. The molecule has 2 atom stereocenters. The van der Waals surface area contributed by atoms with Crippen LogP contribution in [-0.4, -0.2) is 68.7 Å². The van der Waals surface area contributed by atoms with E-state index in [9.17, 15) is 4.79 Å². The minimum atomic E-state index is -0.328. The van der Waals surface area contributed by atoms with Gasteiger partial charge in [0.1, 0.15) is 0 Å². The van der Waals surface area contributed by atoms with Crippen LogP contribution in [0.25, 0.3) is 0 Å². The Morgan fingerprint density at radius 1 is 1.35 bits per heavy atom. The van der Waals surface area contributed by atoms with Crippen molar-refractivity contribution in [3.8, 4) is 0 Å². The molecule has 1 saturated heterocycles. The lowest BCUT2D eigenvalue weighted by molar-refractivity contribution is -0.135. The summed E-state index contributed by atoms with van der Waals surface area (Å²) in [6.07, 6.45) is 5.70. The maximum atomic E-state index is 12.4. The summed E-state index contributed by atoms with van der Waals surface area (Å²) in [5.41, 5.74) is 6.08. The Morgan fingerprint density at radius 2 is 2.00 bits per heavy atom. The Bertz CT molecular complexity index is 330. The second kappa shape index (κ2) is 11.0. The average Bonchev–Trinajstić information content (AvgIpc) is 2.58. The number of carbonyl (C=O) groups is 1. The smallest absolute Gasteiger partial charge is 0.239 e. The molecule has 1 rings (SSSR count). The summed E-state index contributed by atoms with van der Waals surface area (Å²) < 4.78 is 5.10. The molecule has 0 saturated carbocycles. The Labute approximate surface area is 142 Å². The summed E-state index contributed by atoms with van der Waals surface area (Å²) in [6.45, 7) is 8.84. The molecule has 0 radical (unpaired) electrons. The van der Waals surface area contributed by atoms with E-state index in [1.54, 1.807) is 7.11 Å². The largest absolute Gasteiger partial charge is 0.383 e. The molecule has 0 aromatic carbocycles. The molecule has 1 amide bonds. The van der Waals surface area contributed by atoms with Gasteiger partial charge in [-0.2, -0.15) is 0 Å². The van der Waals surface area contributed by atoms with Crippen molar-refractivity contribution in [3.05, 3.63) is 0 Å². The summed E-state index contributed by atoms with van der Waals surface area (Å²) >= 11 is 0. The van der Waals surface area contributed by atoms with Gasteiger partial charge in [0.05, 0.1) is 12.6 Å². The molecule has 5 nitrogen and oxygen atoms in total. The summed E-state index contributed by atoms with van der Waals surface area (Å²) in [6, 6.07) is -0.328. The number of likely N-dealkylation sites (N-methyl/N-ethyl adjacent to an activating group) is 1. The molecule has 0 aromatic rings. The first-order valence-corrected chi connectivity index (χ1v) is 9.21. The van der Waals surface area contributed by atoms with Crippen LogP contribution in [0.2, 0.25) is 0 Å². The first-order valence-electron chi connectivity index (χ1n) is 9.21. The van der Waals surface area contributed by atoms with Gasteiger partial charge < -0.3 is 20.3 Å². The van der Waals surface area contributed by atoms with Gasteiger partial charge in [-0.25, -0.2) is 0 Å². The third-order valence-electron chi connectivity index (χ3n) is 5.30. The van der Waals surface area contributed by atoms with Gasteiger partial charge in [0.25, 0.3) is 0 Å².